The highest BCUT2D eigenvalue weighted by atomic mass is 16.6. The number of ether oxygens (including phenoxy) is 1. The third kappa shape index (κ3) is 10.1. The van der Waals surface area contributed by atoms with Crippen LogP contribution in [0.25, 0.3) is 22.0 Å². The lowest BCUT2D eigenvalue weighted by atomic mass is 9.81. The molecule has 6 N–H and O–H groups in total. The van der Waals surface area contributed by atoms with Gasteiger partial charge in [0.1, 0.15) is 17.3 Å². The van der Waals surface area contributed by atoms with Crippen LogP contribution in [0.15, 0.2) is 59.4 Å². The number of H-pyrrole nitrogens is 2. The van der Waals surface area contributed by atoms with Gasteiger partial charge in [-0.15, -0.1) is 0 Å². The van der Waals surface area contributed by atoms with Crippen LogP contribution in [0, 0.1) is 18.8 Å². The number of fused-ring (bicyclic) bond motifs is 1. The van der Waals surface area contributed by atoms with Gasteiger partial charge in [0.05, 0.1) is 10.9 Å². The lowest BCUT2D eigenvalue weighted by molar-refractivity contribution is -0.130. The SMILES string of the molecule is Cc1nc(C(=O)NC(C)C)ccc1-c1ccc(C[C@H](NC(=O)[C@H]2CC[C@H](CNC(=O)OC(C)(C)C)CC2)C(=O)Nc2ccc3c(=O)[nH][nH]c3c2)cc1. The molecule has 0 saturated heterocycles. The summed E-state index contributed by atoms with van der Waals surface area (Å²) in [5.41, 5.74) is 3.89. The molecule has 5 rings (SSSR count). The molecular weight excluding hydrogens is 662 g/mol. The molecule has 13 heteroatoms. The van der Waals surface area contributed by atoms with Crippen LogP contribution in [0.2, 0.25) is 0 Å². The summed E-state index contributed by atoms with van der Waals surface area (Å²) in [5.74, 6) is -0.839. The first-order valence-electron chi connectivity index (χ1n) is 17.8. The molecule has 0 bridgehead atoms. The number of rotatable bonds is 11. The molecule has 4 amide bonds. The van der Waals surface area contributed by atoms with E-state index in [4.69, 9.17) is 4.74 Å². The monoisotopic (exact) mass is 711 g/mol. The number of alkyl carbamates (subject to hydrolysis) is 1. The Morgan fingerprint density at radius 3 is 2.29 bits per heavy atom. The van der Waals surface area contributed by atoms with Crippen molar-refractivity contribution in [2.24, 2.45) is 11.8 Å². The predicted molar refractivity (Wildman–Crippen MR) is 200 cm³/mol. The van der Waals surface area contributed by atoms with E-state index in [1.165, 1.54) is 0 Å². The Hall–Kier alpha value is -5.46. The Bertz CT molecular complexity index is 1970. The predicted octanol–water partition coefficient (Wildman–Crippen LogP) is 5.36. The summed E-state index contributed by atoms with van der Waals surface area (Å²) in [6.45, 7) is 11.6. The number of benzene rings is 2. The molecule has 4 aromatic rings. The number of hydrogen-bond acceptors (Lipinski definition) is 7. The van der Waals surface area contributed by atoms with Crippen LogP contribution in [0.1, 0.15) is 82.0 Å². The fraction of sp³-hybridized carbons (Fsp3) is 0.436. The van der Waals surface area contributed by atoms with Crippen molar-refractivity contribution < 1.29 is 23.9 Å². The molecule has 1 atom stereocenters. The number of nitrogens with one attached hydrogen (secondary N) is 6. The Morgan fingerprint density at radius 1 is 0.923 bits per heavy atom. The van der Waals surface area contributed by atoms with E-state index in [0.29, 0.717) is 47.4 Å². The summed E-state index contributed by atoms with van der Waals surface area (Å²) < 4.78 is 5.34. The summed E-state index contributed by atoms with van der Waals surface area (Å²) in [6.07, 6.45) is 2.59. The van der Waals surface area contributed by atoms with Gasteiger partial charge in [0.25, 0.3) is 11.5 Å². The summed E-state index contributed by atoms with van der Waals surface area (Å²) >= 11 is 0. The molecule has 2 aromatic carbocycles. The minimum atomic E-state index is -0.881. The summed E-state index contributed by atoms with van der Waals surface area (Å²) in [4.78, 5) is 68.4. The minimum Gasteiger partial charge on any atom is -0.444 e. The summed E-state index contributed by atoms with van der Waals surface area (Å²) in [7, 11) is 0. The van der Waals surface area contributed by atoms with Gasteiger partial charge in [0.2, 0.25) is 11.8 Å². The van der Waals surface area contributed by atoms with E-state index < -0.39 is 17.7 Å². The van der Waals surface area contributed by atoms with Crippen molar-refractivity contribution in [1.29, 1.82) is 0 Å². The number of aromatic nitrogens is 3. The van der Waals surface area contributed by atoms with E-state index in [1.54, 1.807) is 24.3 Å². The Labute approximate surface area is 303 Å². The van der Waals surface area contributed by atoms with Gasteiger partial charge in [0, 0.05) is 41.9 Å². The zero-order chi connectivity index (χ0) is 37.6. The number of aryl methyl sites for hydroxylation is 1. The van der Waals surface area contributed by atoms with Crippen LogP contribution < -0.4 is 26.8 Å². The maximum atomic E-state index is 13.8. The molecule has 1 fully saturated rings. The standard InChI is InChI=1S/C39H49N7O6/c1-22(2)41-36(49)31-18-17-29(23(3)42-31)26-11-7-24(8-12-26)19-33(37(50)43-28-15-16-30-32(20-28)45-46-35(30)48)44-34(47)27-13-9-25(10-14-27)21-40-38(51)52-39(4,5)6/h7-8,11-12,15-18,20,22,25,27,33H,9-10,13-14,19,21H2,1-6H3,(H,40,51)(H,41,49)(H,43,50)(H,44,47)(H2,45,46,48)/t25-,27-,33-/m0/s1. The van der Waals surface area contributed by atoms with E-state index >= 15 is 0 Å². The van der Waals surface area contributed by atoms with Crippen molar-refractivity contribution >= 4 is 40.4 Å². The lowest BCUT2D eigenvalue weighted by Gasteiger charge is -2.29. The van der Waals surface area contributed by atoms with Gasteiger partial charge in [-0.3, -0.25) is 29.4 Å². The van der Waals surface area contributed by atoms with Gasteiger partial charge < -0.3 is 26.0 Å². The molecule has 2 heterocycles. The van der Waals surface area contributed by atoms with Gasteiger partial charge in [-0.2, -0.15) is 0 Å². The number of amides is 4. The highest BCUT2D eigenvalue weighted by Crippen LogP contribution is 2.29. The maximum absolute atomic E-state index is 13.8. The van der Waals surface area contributed by atoms with Gasteiger partial charge >= 0.3 is 6.09 Å². The number of hydrogen-bond donors (Lipinski definition) is 6. The van der Waals surface area contributed by atoms with E-state index in [-0.39, 0.29) is 47.6 Å². The topological polar surface area (TPSA) is 187 Å². The molecule has 1 saturated carbocycles. The number of nitrogens with zero attached hydrogens (tertiary/aromatic N) is 1. The highest BCUT2D eigenvalue weighted by molar-refractivity contribution is 5.99. The van der Waals surface area contributed by atoms with Gasteiger partial charge in [0.15, 0.2) is 0 Å². The quantitative estimate of drug-likeness (QED) is 0.121. The van der Waals surface area contributed by atoms with E-state index in [2.05, 4.69) is 36.4 Å². The third-order valence-electron chi connectivity index (χ3n) is 9.07. The Kier molecular flexibility index (Phi) is 11.8. The molecule has 276 valence electrons. The third-order valence-corrected chi connectivity index (χ3v) is 9.07. The van der Waals surface area contributed by atoms with Crippen LogP contribution in [0.3, 0.4) is 0 Å². The largest absolute Gasteiger partial charge is 0.444 e. The second kappa shape index (κ2) is 16.3. The molecule has 2 aromatic heterocycles. The highest BCUT2D eigenvalue weighted by Gasteiger charge is 2.30. The fourth-order valence-corrected chi connectivity index (χ4v) is 6.40. The average molecular weight is 712 g/mol. The van der Waals surface area contributed by atoms with Crippen LogP contribution in [-0.2, 0) is 20.7 Å². The van der Waals surface area contributed by atoms with Crippen molar-refractivity contribution in [1.82, 2.24) is 31.1 Å². The first-order chi connectivity index (χ1) is 24.6. The average Bonchev–Trinajstić information content (AvgIpc) is 3.46. The van der Waals surface area contributed by atoms with Crippen molar-refractivity contribution in [3.8, 4) is 11.1 Å². The smallest absolute Gasteiger partial charge is 0.407 e. The van der Waals surface area contributed by atoms with Gasteiger partial charge in [-0.05, 0) is 109 Å². The molecule has 0 radical (unpaired) electrons. The molecule has 1 aliphatic rings. The first-order valence-corrected chi connectivity index (χ1v) is 17.8. The molecular formula is C39H49N7O6. The van der Waals surface area contributed by atoms with Crippen LogP contribution in [-0.4, -0.2) is 63.2 Å². The van der Waals surface area contributed by atoms with Crippen LogP contribution in [0.4, 0.5) is 10.5 Å². The van der Waals surface area contributed by atoms with E-state index in [0.717, 1.165) is 29.5 Å². The number of carbonyl (C=O) groups excluding carboxylic acids is 4. The summed E-state index contributed by atoms with van der Waals surface area (Å²) in [6, 6.07) is 15.4. The number of pyridine rings is 1. The van der Waals surface area contributed by atoms with Crippen molar-refractivity contribution in [3.05, 3.63) is 81.9 Å². The maximum Gasteiger partial charge on any atom is 0.407 e. The van der Waals surface area contributed by atoms with Crippen LogP contribution >= 0.6 is 0 Å². The normalized spacial score (nSPS) is 16.6. The van der Waals surface area contributed by atoms with E-state index in [9.17, 15) is 24.0 Å². The van der Waals surface area contributed by atoms with Crippen molar-refractivity contribution in [2.75, 3.05) is 11.9 Å². The zero-order valence-corrected chi connectivity index (χ0v) is 30.6. The molecule has 0 unspecified atom stereocenters. The van der Waals surface area contributed by atoms with E-state index in [1.807, 2.05) is 71.9 Å². The number of anilines is 1. The fourth-order valence-electron chi connectivity index (χ4n) is 6.40. The number of aromatic amines is 2. The minimum absolute atomic E-state index is 0.000669. The molecule has 1 aliphatic carbocycles. The number of carbonyl (C=O) groups is 4. The van der Waals surface area contributed by atoms with Crippen molar-refractivity contribution in [2.45, 2.75) is 91.3 Å². The lowest BCUT2D eigenvalue weighted by Crippen LogP contribution is -2.48. The molecule has 0 aliphatic heterocycles. The second-order valence-electron chi connectivity index (χ2n) is 14.8. The molecule has 52 heavy (non-hydrogen) atoms. The zero-order valence-electron chi connectivity index (χ0n) is 30.6. The van der Waals surface area contributed by atoms with Gasteiger partial charge in [-0.25, -0.2) is 9.78 Å². The Morgan fingerprint density at radius 2 is 1.63 bits per heavy atom. The summed E-state index contributed by atoms with van der Waals surface area (Å²) in [5, 5.41) is 17.4. The van der Waals surface area contributed by atoms with Gasteiger partial charge in [-0.1, -0.05) is 30.3 Å². The van der Waals surface area contributed by atoms with Crippen LogP contribution in [0.5, 0.6) is 0 Å². The Balaban J connectivity index is 1.26. The molecule has 0 spiro atoms. The second-order valence-corrected chi connectivity index (χ2v) is 14.8. The molecule has 13 nitrogen and oxygen atoms in total. The first kappa shape index (κ1) is 37.8. The van der Waals surface area contributed by atoms with Crippen molar-refractivity contribution in [3.63, 3.8) is 0 Å².